The predicted octanol–water partition coefficient (Wildman–Crippen LogP) is 6.81. The fourth-order valence-electron chi connectivity index (χ4n) is 6.01. The Morgan fingerprint density at radius 1 is 1.08 bits per heavy atom. The Morgan fingerprint density at radius 3 is 2.69 bits per heavy atom. The zero-order chi connectivity index (χ0) is 27.2. The number of nitrogens with zero attached hydrogens (tertiary/aromatic N) is 2. The summed E-state index contributed by atoms with van der Waals surface area (Å²) in [5.41, 5.74) is 3.42. The van der Waals surface area contributed by atoms with Crippen molar-refractivity contribution < 1.29 is 4.79 Å². The van der Waals surface area contributed by atoms with Gasteiger partial charge in [-0.2, -0.15) is 0 Å². The van der Waals surface area contributed by atoms with E-state index in [2.05, 4.69) is 41.7 Å². The highest BCUT2D eigenvalue weighted by molar-refractivity contribution is 6.34. The standard InChI is InChI=1S/C33H39Cl2N3O/c1-22-6-5-8-26(32-30-21-36-17-15-24(30)7-3-2-4-16-37-32)12-14-31(22)38-33(39)29(25-10-11-25)13-9-23-18-27(34)20-28(35)19-23/h7,12,15-22,25,29,31H,2-6,8-11,13-14H2,1H3,(H,38,39). The van der Waals surface area contributed by atoms with Crippen LogP contribution in [0.25, 0.3) is 11.8 Å². The summed E-state index contributed by atoms with van der Waals surface area (Å²) in [4.78, 5) is 23.0. The molecule has 3 aliphatic rings. The van der Waals surface area contributed by atoms with Gasteiger partial charge in [0.15, 0.2) is 0 Å². The van der Waals surface area contributed by atoms with Gasteiger partial charge in [-0.1, -0.05) is 42.3 Å². The van der Waals surface area contributed by atoms with Crippen LogP contribution in [0.1, 0.15) is 76.7 Å². The SMILES string of the molecule is CC1CCCC(C2=c3cnccc3=CCCCC=N2)=CCC1NC(=O)C(CCc1cc(Cl)cc(Cl)c1)C1CC1. The molecule has 39 heavy (non-hydrogen) atoms. The van der Waals surface area contributed by atoms with Crippen LogP contribution in [0.2, 0.25) is 10.0 Å². The van der Waals surface area contributed by atoms with Gasteiger partial charge >= 0.3 is 0 Å². The molecule has 2 aromatic rings. The first-order valence-corrected chi connectivity index (χ1v) is 15.4. The highest BCUT2D eigenvalue weighted by atomic mass is 35.5. The Morgan fingerprint density at radius 2 is 1.90 bits per heavy atom. The van der Waals surface area contributed by atoms with Gasteiger partial charge in [0, 0.05) is 45.8 Å². The van der Waals surface area contributed by atoms with Crippen LogP contribution in [-0.2, 0) is 11.2 Å². The molecule has 4 nitrogen and oxygen atoms in total. The van der Waals surface area contributed by atoms with Crippen LogP contribution in [0.5, 0.6) is 0 Å². The van der Waals surface area contributed by atoms with E-state index in [9.17, 15) is 4.79 Å². The third kappa shape index (κ3) is 7.61. The lowest BCUT2D eigenvalue weighted by molar-refractivity contribution is -0.127. The maximum Gasteiger partial charge on any atom is 0.223 e. The van der Waals surface area contributed by atoms with Gasteiger partial charge in [0.2, 0.25) is 5.91 Å². The molecule has 0 saturated heterocycles. The molecule has 1 aromatic carbocycles. The van der Waals surface area contributed by atoms with E-state index in [1.165, 1.54) is 10.8 Å². The number of aryl methyl sites for hydroxylation is 1. The molecule has 1 amide bonds. The maximum absolute atomic E-state index is 13.6. The number of fused-ring (bicyclic) bond motifs is 1. The Hall–Kier alpha value is -2.43. The molecule has 3 atom stereocenters. The van der Waals surface area contributed by atoms with Crippen molar-refractivity contribution >= 4 is 47.1 Å². The molecule has 1 aliphatic heterocycles. The van der Waals surface area contributed by atoms with E-state index in [1.807, 2.05) is 24.5 Å². The van der Waals surface area contributed by atoms with Crippen molar-refractivity contribution in [3.63, 3.8) is 0 Å². The molecule has 3 unspecified atom stereocenters. The van der Waals surface area contributed by atoms with Crippen molar-refractivity contribution in [1.82, 2.24) is 10.3 Å². The van der Waals surface area contributed by atoms with Crippen LogP contribution in [0.3, 0.4) is 0 Å². The first-order chi connectivity index (χ1) is 19.0. The molecule has 5 rings (SSSR count). The van der Waals surface area contributed by atoms with E-state index < -0.39 is 0 Å². The molecule has 0 bridgehead atoms. The average molecular weight is 565 g/mol. The molecule has 1 aromatic heterocycles. The predicted molar refractivity (Wildman–Crippen MR) is 162 cm³/mol. The summed E-state index contributed by atoms with van der Waals surface area (Å²) in [6.07, 6.45) is 21.6. The van der Waals surface area contributed by atoms with Crippen LogP contribution < -0.4 is 15.8 Å². The molecule has 206 valence electrons. The van der Waals surface area contributed by atoms with Gasteiger partial charge in [0.25, 0.3) is 0 Å². The summed E-state index contributed by atoms with van der Waals surface area (Å²) in [6, 6.07) is 7.89. The van der Waals surface area contributed by atoms with Gasteiger partial charge in [-0.25, -0.2) is 0 Å². The summed E-state index contributed by atoms with van der Waals surface area (Å²) >= 11 is 12.4. The van der Waals surface area contributed by atoms with Crippen LogP contribution in [0, 0.1) is 17.8 Å². The van der Waals surface area contributed by atoms with Crippen molar-refractivity contribution in [3.8, 4) is 0 Å². The van der Waals surface area contributed by atoms with Gasteiger partial charge in [-0.15, -0.1) is 0 Å². The average Bonchev–Trinajstić information content (AvgIpc) is 3.72. The number of carbonyl (C=O) groups excluding carboxylic acids is 1. The number of aromatic nitrogens is 1. The number of halogens is 2. The van der Waals surface area contributed by atoms with Gasteiger partial charge < -0.3 is 5.32 Å². The molecular formula is C33H39Cl2N3O. The van der Waals surface area contributed by atoms with E-state index >= 15 is 0 Å². The number of hydrogen-bond donors (Lipinski definition) is 1. The second-order valence-corrected chi connectivity index (χ2v) is 12.3. The fourth-order valence-corrected chi connectivity index (χ4v) is 6.58. The third-order valence-corrected chi connectivity index (χ3v) is 8.90. The molecule has 0 radical (unpaired) electrons. The van der Waals surface area contributed by atoms with Gasteiger partial charge in [0.05, 0.1) is 5.70 Å². The number of benzene rings is 1. The summed E-state index contributed by atoms with van der Waals surface area (Å²) in [5.74, 6) is 1.15. The van der Waals surface area contributed by atoms with E-state index in [-0.39, 0.29) is 17.9 Å². The van der Waals surface area contributed by atoms with Crippen LogP contribution >= 0.6 is 23.2 Å². The van der Waals surface area contributed by atoms with Gasteiger partial charge in [0.1, 0.15) is 0 Å². The van der Waals surface area contributed by atoms with Crippen LogP contribution in [0.15, 0.2) is 53.3 Å². The molecule has 0 spiro atoms. The Labute approximate surface area is 242 Å². The van der Waals surface area contributed by atoms with Crippen molar-refractivity contribution in [2.45, 2.75) is 83.6 Å². The van der Waals surface area contributed by atoms with Gasteiger partial charge in [-0.3, -0.25) is 14.8 Å². The second-order valence-electron chi connectivity index (χ2n) is 11.5. The lowest BCUT2D eigenvalue weighted by Crippen LogP contribution is -2.43. The Balaban J connectivity index is 1.34. The minimum atomic E-state index is 0.0330. The summed E-state index contributed by atoms with van der Waals surface area (Å²) < 4.78 is 0. The number of hydrogen-bond acceptors (Lipinski definition) is 3. The summed E-state index contributed by atoms with van der Waals surface area (Å²) in [7, 11) is 0. The van der Waals surface area contributed by atoms with E-state index in [4.69, 9.17) is 28.2 Å². The summed E-state index contributed by atoms with van der Waals surface area (Å²) in [6.45, 7) is 2.28. The maximum atomic E-state index is 13.6. The molecule has 2 heterocycles. The Kier molecular flexibility index (Phi) is 9.57. The molecule has 2 aliphatic carbocycles. The van der Waals surface area contributed by atoms with E-state index in [0.717, 1.165) is 87.1 Å². The second kappa shape index (κ2) is 13.3. The topological polar surface area (TPSA) is 54.4 Å². The highest BCUT2D eigenvalue weighted by Gasteiger charge is 2.37. The quantitative estimate of drug-likeness (QED) is 0.402. The van der Waals surface area contributed by atoms with E-state index in [1.54, 1.807) is 6.07 Å². The minimum absolute atomic E-state index is 0.0330. The minimum Gasteiger partial charge on any atom is -0.353 e. The first kappa shape index (κ1) is 28.1. The normalized spacial score (nSPS) is 22.6. The molecule has 6 heteroatoms. The van der Waals surface area contributed by atoms with Crippen molar-refractivity contribution in [3.05, 3.63) is 74.4 Å². The lowest BCUT2D eigenvalue weighted by Gasteiger charge is -2.29. The fraction of sp³-hybridized carbons (Fsp3) is 0.485. The third-order valence-electron chi connectivity index (χ3n) is 8.47. The van der Waals surface area contributed by atoms with Crippen LogP contribution in [-0.4, -0.2) is 23.1 Å². The molecule has 1 N–H and O–H groups in total. The zero-order valence-electron chi connectivity index (χ0n) is 22.8. The largest absolute Gasteiger partial charge is 0.353 e. The highest BCUT2D eigenvalue weighted by Crippen LogP contribution is 2.40. The number of rotatable bonds is 7. The summed E-state index contributed by atoms with van der Waals surface area (Å²) in [5, 5.41) is 7.12. The lowest BCUT2D eigenvalue weighted by atomic mass is 9.86. The number of carbonyl (C=O) groups is 1. The van der Waals surface area contributed by atoms with E-state index in [0.29, 0.717) is 21.9 Å². The van der Waals surface area contributed by atoms with Crippen molar-refractivity contribution in [2.24, 2.45) is 22.7 Å². The number of pyridine rings is 1. The Bertz CT molecular complexity index is 1340. The van der Waals surface area contributed by atoms with Crippen LogP contribution in [0.4, 0.5) is 0 Å². The van der Waals surface area contributed by atoms with Crippen molar-refractivity contribution in [1.29, 1.82) is 0 Å². The molecule has 1 saturated carbocycles. The van der Waals surface area contributed by atoms with Crippen molar-refractivity contribution in [2.75, 3.05) is 0 Å². The zero-order valence-corrected chi connectivity index (χ0v) is 24.4. The molecular weight excluding hydrogens is 525 g/mol. The van der Waals surface area contributed by atoms with Gasteiger partial charge in [-0.05, 0) is 123 Å². The monoisotopic (exact) mass is 563 g/mol. The molecule has 1 fully saturated rings. The first-order valence-electron chi connectivity index (χ1n) is 14.6. The number of aliphatic imine (C=N–C) groups is 1. The number of amides is 1. The number of nitrogens with one attached hydrogen (secondary N) is 1. The smallest absolute Gasteiger partial charge is 0.223 e.